The van der Waals surface area contributed by atoms with Crippen LogP contribution in [0.1, 0.15) is 17.5 Å². The molecule has 0 saturated carbocycles. The van der Waals surface area contributed by atoms with Crippen molar-refractivity contribution in [3.8, 4) is 11.5 Å². The van der Waals surface area contributed by atoms with Gasteiger partial charge in [0, 0.05) is 13.1 Å². The van der Waals surface area contributed by atoms with Gasteiger partial charge in [-0.1, -0.05) is 30.3 Å². The molecule has 2 aromatic rings. The maximum Gasteiger partial charge on any atom is 0.141 e. The van der Waals surface area contributed by atoms with E-state index in [1.807, 2.05) is 48.2 Å². The standard InChI is InChI=1S/C20H25NO4/c1-15-4-2-3-5-19(15)25-18-10-11-21(12-18)20(23)14-24-17-8-6-16(13-22)7-9-17/h2-9,18,20,22-23H,10-14H2,1H3/t18-,20?/m1/s1. The molecule has 1 unspecified atom stereocenters. The zero-order chi connectivity index (χ0) is 17.6. The van der Waals surface area contributed by atoms with E-state index < -0.39 is 6.23 Å². The van der Waals surface area contributed by atoms with Crippen LogP contribution < -0.4 is 9.47 Å². The van der Waals surface area contributed by atoms with Gasteiger partial charge in [-0.3, -0.25) is 4.90 Å². The molecular formula is C20H25NO4. The minimum absolute atomic E-state index is 0.0129. The number of ether oxygens (including phenoxy) is 2. The zero-order valence-electron chi connectivity index (χ0n) is 14.5. The SMILES string of the molecule is Cc1ccccc1O[C@@H]1CCN(C(O)COc2ccc(CO)cc2)C1. The smallest absolute Gasteiger partial charge is 0.141 e. The summed E-state index contributed by atoms with van der Waals surface area (Å²) in [5.41, 5.74) is 1.96. The average molecular weight is 343 g/mol. The number of likely N-dealkylation sites (tertiary alicyclic amines) is 1. The van der Waals surface area contributed by atoms with Crippen LogP contribution in [0.15, 0.2) is 48.5 Å². The van der Waals surface area contributed by atoms with Crippen LogP contribution in [0.2, 0.25) is 0 Å². The van der Waals surface area contributed by atoms with E-state index in [4.69, 9.17) is 14.6 Å². The highest BCUT2D eigenvalue weighted by Gasteiger charge is 2.29. The molecule has 25 heavy (non-hydrogen) atoms. The number of hydrogen-bond acceptors (Lipinski definition) is 5. The van der Waals surface area contributed by atoms with Crippen LogP contribution in [0.25, 0.3) is 0 Å². The lowest BCUT2D eigenvalue weighted by Gasteiger charge is -2.23. The number of nitrogens with zero attached hydrogens (tertiary/aromatic N) is 1. The zero-order valence-corrected chi connectivity index (χ0v) is 14.5. The number of hydrogen-bond donors (Lipinski definition) is 2. The van der Waals surface area contributed by atoms with E-state index in [0.717, 1.165) is 29.8 Å². The monoisotopic (exact) mass is 343 g/mol. The Morgan fingerprint density at radius 1 is 1.16 bits per heavy atom. The first kappa shape index (κ1) is 17.7. The Balaban J connectivity index is 1.47. The Morgan fingerprint density at radius 3 is 2.64 bits per heavy atom. The number of para-hydroxylation sites is 1. The topological polar surface area (TPSA) is 62.2 Å². The first-order chi connectivity index (χ1) is 12.2. The molecule has 0 aliphatic carbocycles. The van der Waals surface area contributed by atoms with Gasteiger partial charge in [0.25, 0.3) is 0 Å². The molecular weight excluding hydrogens is 318 g/mol. The molecule has 1 aliphatic rings. The summed E-state index contributed by atoms with van der Waals surface area (Å²) >= 11 is 0. The van der Waals surface area contributed by atoms with Gasteiger partial charge >= 0.3 is 0 Å². The number of rotatable bonds is 7. The lowest BCUT2D eigenvalue weighted by Crippen LogP contribution is -2.38. The quantitative estimate of drug-likeness (QED) is 0.808. The van der Waals surface area contributed by atoms with E-state index >= 15 is 0 Å². The normalized spacial score (nSPS) is 18.9. The molecule has 5 nitrogen and oxygen atoms in total. The van der Waals surface area contributed by atoms with E-state index in [1.165, 1.54) is 0 Å². The van der Waals surface area contributed by atoms with E-state index in [2.05, 4.69) is 0 Å². The molecule has 0 amide bonds. The Kier molecular flexibility index (Phi) is 5.91. The third-order valence-corrected chi connectivity index (χ3v) is 4.49. The minimum atomic E-state index is -0.664. The summed E-state index contributed by atoms with van der Waals surface area (Å²) in [7, 11) is 0. The molecule has 1 saturated heterocycles. The number of aryl methyl sites for hydroxylation is 1. The first-order valence-electron chi connectivity index (χ1n) is 8.62. The van der Waals surface area contributed by atoms with Gasteiger partial charge in [0.05, 0.1) is 6.61 Å². The lowest BCUT2D eigenvalue weighted by atomic mass is 10.2. The summed E-state index contributed by atoms with van der Waals surface area (Å²) in [5, 5.41) is 19.4. The van der Waals surface area contributed by atoms with Gasteiger partial charge in [-0.15, -0.1) is 0 Å². The minimum Gasteiger partial charge on any atom is -0.489 e. The van der Waals surface area contributed by atoms with Crippen molar-refractivity contribution in [3.05, 3.63) is 59.7 Å². The van der Waals surface area contributed by atoms with E-state index in [9.17, 15) is 5.11 Å². The van der Waals surface area contributed by atoms with Crippen molar-refractivity contribution in [2.45, 2.75) is 32.3 Å². The third kappa shape index (κ3) is 4.72. The van der Waals surface area contributed by atoms with Crippen molar-refractivity contribution < 1.29 is 19.7 Å². The molecule has 2 N–H and O–H groups in total. The molecule has 1 fully saturated rings. The van der Waals surface area contributed by atoms with Crippen LogP contribution in [-0.2, 0) is 6.61 Å². The average Bonchev–Trinajstić information content (AvgIpc) is 3.11. The third-order valence-electron chi connectivity index (χ3n) is 4.49. The Labute approximate surface area is 148 Å². The molecule has 1 heterocycles. The Bertz CT molecular complexity index is 674. The van der Waals surface area contributed by atoms with Crippen molar-refractivity contribution >= 4 is 0 Å². The predicted molar refractivity (Wildman–Crippen MR) is 95.7 cm³/mol. The van der Waals surface area contributed by atoms with E-state index in [-0.39, 0.29) is 19.3 Å². The van der Waals surface area contributed by atoms with Crippen LogP contribution in [0, 0.1) is 6.92 Å². The summed E-state index contributed by atoms with van der Waals surface area (Å²) in [4.78, 5) is 1.98. The fourth-order valence-corrected chi connectivity index (χ4v) is 2.96. The van der Waals surface area contributed by atoms with E-state index in [1.54, 1.807) is 12.1 Å². The van der Waals surface area contributed by atoms with Crippen LogP contribution in [0.4, 0.5) is 0 Å². The largest absolute Gasteiger partial charge is 0.489 e. The summed E-state index contributed by atoms with van der Waals surface area (Å²) in [6.45, 7) is 3.72. The van der Waals surface area contributed by atoms with Gasteiger partial charge in [0.15, 0.2) is 0 Å². The molecule has 0 radical (unpaired) electrons. The summed E-state index contributed by atoms with van der Waals surface area (Å²) < 4.78 is 11.7. The van der Waals surface area contributed by atoms with Gasteiger partial charge in [-0.2, -0.15) is 0 Å². The van der Waals surface area contributed by atoms with E-state index in [0.29, 0.717) is 12.3 Å². The van der Waals surface area contributed by atoms with Crippen molar-refractivity contribution in [1.29, 1.82) is 0 Å². The van der Waals surface area contributed by atoms with Gasteiger partial charge in [-0.05, 0) is 42.7 Å². The molecule has 134 valence electrons. The van der Waals surface area contributed by atoms with Crippen LogP contribution in [0.5, 0.6) is 11.5 Å². The summed E-state index contributed by atoms with van der Waals surface area (Å²) in [6.07, 6.45) is 0.305. The molecule has 1 aliphatic heterocycles. The van der Waals surface area contributed by atoms with Crippen LogP contribution in [0.3, 0.4) is 0 Å². The van der Waals surface area contributed by atoms with Gasteiger partial charge in [0.1, 0.15) is 30.4 Å². The Hall–Kier alpha value is -2.08. The van der Waals surface area contributed by atoms with Crippen molar-refractivity contribution in [2.75, 3.05) is 19.7 Å². The highest BCUT2D eigenvalue weighted by molar-refractivity contribution is 5.32. The molecule has 2 aromatic carbocycles. The fraction of sp³-hybridized carbons (Fsp3) is 0.400. The van der Waals surface area contributed by atoms with Crippen LogP contribution in [-0.4, -0.2) is 47.1 Å². The molecule has 0 bridgehead atoms. The maximum absolute atomic E-state index is 10.4. The van der Waals surface area contributed by atoms with Crippen molar-refractivity contribution in [1.82, 2.24) is 4.90 Å². The molecule has 2 atom stereocenters. The first-order valence-corrected chi connectivity index (χ1v) is 8.62. The summed E-state index contributed by atoms with van der Waals surface area (Å²) in [5.74, 6) is 1.59. The highest BCUT2D eigenvalue weighted by Crippen LogP contribution is 2.23. The van der Waals surface area contributed by atoms with Crippen LogP contribution >= 0.6 is 0 Å². The lowest BCUT2D eigenvalue weighted by molar-refractivity contribution is -0.0190. The number of aliphatic hydroxyl groups excluding tert-OH is 2. The maximum atomic E-state index is 10.4. The van der Waals surface area contributed by atoms with Gasteiger partial charge in [0.2, 0.25) is 0 Å². The molecule has 0 spiro atoms. The highest BCUT2D eigenvalue weighted by atomic mass is 16.5. The summed E-state index contributed by atoms with van der Waals surface area (Å²) in [6, 6.07) is 15.2. The van der Waals surface area contributed by atoms with Gasteiger partial charge in [-0.25, -0.2) is 0 Å². The molecule has 5 heteroatoms. The molecule has 0 aromatic heterocycles. The number of benzene rings is 2. The van der Waals surface area contributed by atoms with Crippen molar-refractivity contribution in [2.24, 2.45) is 0 Å². The second-order valence-electron chi connectivity index (χ2n) is 6.38. The Morgan fingerprint density at radius 2 is 1.92 bits per heavy atom. The fourth-order valence-electron chi connectivity index (χ4n) is 2.96. The second kappa shape index (κ2) is 8.34. The second-order valence-corrected chi connectivity index (χ2v) is 6.38. The van der Waals surface area contributed by atoms with Gasteiger partial charge < -0.3 is 19.7 Å². The van der Waals surface area contributed by atoms with Crippen molar-refractivity contribution in [3.63, 3.8) is 0 Å². The molecule has 3 rings (SSSR count). The number of aliphatic hydroxyl groups is 2. The predicted octanol–water partition coefficient (Wildman–Crippen LogP) is 2.34.